The molecule has 0 atom stereocenters. The SMILES string of the molecule is CCOC(=O)/C=C(C)/C=C/c1cccc2ccccc12. The fraction of sp³-hybridized carbons (Fsp3) is 0.167. The second-order valence-corrected chi connectivity index (χ2v) is 4.54. The van der Waals surface area contributed by atoms with Gasteiger partial charge in [0.05, 0.1) is 6.61 Å². The molecule has 2 heteroatoms. The topological polar surface area (TPSA) is 26.3 Å². The van der Waals surface area contributed by atoms with Crippen molar-refractivity contribution >= 4 is 22.8 Å². The minimum Gasteiger partial charge on any atom is -0.463 e. The highest BCUT2D eigenvalue weighted by Crippen LogP contribution is 2.20. The summed E-state index contributed by atoms with van der Waals surface area (Å²) in [5.74, 6) is -0.299. The number of benzene rings is 2. The fourth-order valence-corrected chi connectivity index (χ4v) is 2.03. The van der Waals surface area contributed by atoms with Gasteiger partial charge in [0.1, 0.15) is 0 Å². The number of fused-ring (bicyclic) bond motifs is 1. The maximum atomic E-state index is 11.3. The Kier molecular flexibility index (Phi) is 4.72. The molecule has 102 valence electrons. The lowest BCUT2D eigenvalue weighted by Gasteiger charge is -2.02. The minimum atomic E-state index is -0.299. The molecule has 0 bridgehead atoms. The summed E-state index contributed by atoms with van der Waals surface area (Å²) in [6.07, 6.45) is 5.46. The van der Waals surface area contributed by atoms with Gasteiger partial charge in [-0.05, 0) is 35.8 Å². The first-order valence-electron chi connectivity index (χ1n) is 6.71. The number of rotatable bonds is 4. The Morgan fingerprint density at radius 1 is 1.15 bits per heavy atom. The molecular weight excluding hydrogens is 248 g/mol. The number of esters is 1. The number of hydrogen-bond donors (Lipinski definition) is 0. The van der Waals surface area contributed by atoms with Gasteiger partial charge < -0.3 is 4.74 Å². The van der Waals surface area contributed by atoms with Crippen LogP contribution >= 0.6 is 0 Å². The van der Waals surface area contributed by atoms with Gasteiger partial charge in [-0.2, -0.15) is 0 Å². The summed E-state index contributed by atoms with van der Waals surface area (Å²) < 4.78 is 4.89. The van der Waals surface area contributed by atoms with Crippen molar-refractivity contribution in [2.75, 3.05) is 6.61 Å². The highest BCUT2D eigenvalue weighted by Gasteiger charge is 1.98. The van der Waals surface area contributed by atoms with Crippen molar-refractivity contribution in [1.29, 1.82) is 0 Å². The van der Waals surface area contributed by atoms with Crippen LogP contribution in [0.1, 0.15) is 19.4 Å². The maximum absolute atomic E-state index is 11.3. The third-order valence-corrected chi connectivity index (χ3v) is 2.98. The van der Waals surface area contributed by atoms with E-state index in [1.54, 1.807) is 6.92 Å². The molecule has 0 aliphatic carbocycles. The van der Waals surface area contributed by atoms with E-state index in [1.165, 1.54) is 16.8 Å². The Bertz CT molecular complexity index is 661. The van der Waals surface area contributed by atoms with Gasteiger partial charge in [0.25, 0.3) is 0 Å². The molecule has 0 aliphatic rings. The number of allylic oxidation sites excluding steroid dienone is 2. The van der Waals surface area contributed by atoms with Crippen LogP contribution in [0.4, 0.5) is 0 Å². The molecule has 0 saturated carbocycles. The minimum absolute atomic E-state index is 0.299. The van der Waals surface area contributed by atoms with Crippen LogP contribution in [0, 0.1) is 0 Å². The average molecular weight is 266 g/mol. The van der Waals surface area contributed by atoms with Gasteiger partial charge in [-0.15, -0.1) is 0 Å². The third-order valence-electron chi connectivity index (χ3n) is 2.98. The smallest absolute Gasteiger partial charge is 0.330 e. The van der Waals surface area contributed by atoms with Gasteiger partial charge in [0, 0.05) is 6.08 Å². The molecule has 2 aromatic rings. The van der Waals surface area contributed by atoms with Crippen LogP contribution in [-0.4, -0.2) is 12.6 Å². The van der Waals surface area contributed by atoms with E-state index in [4.69, 9.17) is 4.74 Å². The van der Waals surface area contributed by atoms with E-state index in [9.17, 15) is 4.79 Å². The Balaban J connectivity index is 2.24. The van der Waals surface area contributed by atoms with Crippen LogP contribution in [0.3, 0.4) is 0 Å². The molecule has 0 unspecified atom stereocenters. The van der Waals surface area contributed by atoms with Crippen molar-refractivity contribution in [3.8, 4) is 0 Å². The third kappa shape index (κ3) is 3.58. The number of carbonyl (C=O) groups excluding carboxylic acids is 1. The van der Waals surface area contributed by atoms with Crippen molar-refractivity contribution in [1.82, 2.24) is 0 Å². The molecule has 2 aromatic carbocycles. The zero-order valence-corrected chi connectivity index (χ0v) is 11.8. The van der Waals surface area contributed by atoms with Crippen LogP contribution in [0.2, 0.25) is 0 Å². The van der Waals surface area contributed by atoms with E-state index in [1.807, 2.05) is 37.3 Å². The molecule has 20 heavy (non-hydrogen) atoms. The van der Waals surface area contributed by atoms with Crippen molar-refractivity contribution < 1.29 is 9.53 Å². The summed E-state index contributed by atoms with van der Waals surface area (Å²) in [4.78, 5) is 11.3. The van der Waals surface area contributed by atoms with Crippen LogP contribution in [-0.2, 0) is 9.53 Å². The van der Waals surface area contributed by atoms with Crippen molar-refractivity contribution in [3.05, 3.63) is 65.8 Å². The van der Waals surface area contributed by atoms with E-state index in [0.29, 0.717) is 6.61 Å². The zero-order chi connectivity index (χ0) is 14.4. The zero-order valence-electron chi connectivity index (χ0n) is 11.8. The monoisotopic (exact) mass is 266 g/mol. The van der Waals surface area contributed by atoms with Gasteiger partial charge in [-0.1, -0.05) is 54.6 Å². The predicted octanol–water partition coefficient (Wildman–Crippen LogP) is 4.36. The van der Waals surface area contributed by atoms with Gasteiger partial charge in [-0.25, -0.2) is 4.79 Å². The van der Waals surface area contributed by atoms with Crippen LogP contribution < -0.4 is 0 Å². The lowest BCUT2D eigenvalue weighted by Crippen LogP contribution is -1.99. The lowest BCUT2D eigenvalue weighted by atomic mass is 10.0. The summed E-state index contributed by atoms with van der Waals surface area (Å²) in [6, 6.07) is 14.4. The Labute approximate surface area is 119 Å². The van der Waals surface area contributed by atoms with Gasteiger partial charge in [0.2, 0.25) is 0 Å². The lowest BCUT2D eigenvalue weighted by molar-refractivity contribution is -0.137. The number of hydrogen-bond acceptors (Lipinski definition) is 2. The first-order valence-corrected chi connectivity index (χ1v) is 6.71. The molecule has 0 spiro atoms. The fourth-order valence-electron chi connectivity index (χ4n) is 2.03. The highest BCUT2D eigenvalue weighted by molar-refractivity contribution is 5.91. The predicted molar refractivity (Wildman–Crippen MR) is 83.4 cm³/mol. The molecule has 2 nitrogen and oxygen atoms in total. The number of ether oxygens (including phenoxy) is 1. The average Bonchev–Trinajstić information content (AvgIpc) is 2.45. The summed E-state index contributed by atoms with van der Waals surface area (Å²) in [6.45, 7) is 4.08. The molecule has 0 fully saturated rings. The maximum Gasteiger partial charge on any atom is 0.330 e. The first kappa shape index (κ1) is 14.1. The standard InChI is InChI=1S/C18H18O2/c1-3-20-18(19)13-14(2)11-12-16-9-6-8-15-7-4-5-10-17(15)16/h4-13H,3H2,1-2H3/b12-11+,14-13+. The quantitative estimate of drug-likeness (QED) is 0.467. The first-order chi connectivity index (χ1) is 9.70. The van der Waals surface area contributed by atoms with Crippen molar-refractivity contribution in [2.45, 2.75) is 13.8 Å². The second-order valence-electron chi connectivity index (χ2n) is 4.54. The van der Waals surface area contributed by atoms with Gasteiger partial charge >= 0.3 is 5.97 Å². The van der Waals surface area contributed by atoms with E-state index in [-0.39, 0.29) is 5.97 Å². The molecule has 2 rings (SSSR count). The van der Waals surface area contributed by atoms with Gasteiger partial charge in [-0.3, -0.25) is 0 Å². The van der Waals surface area contributed by atoms with E-state index < -0.39 is 0 Å². The molecule has 0 saturated heterocycles. The van der Waals surface area contributed by atoms with Crippen LogP contribution in [0.5, 0.6) is 0 Å². The molecule has 0 radical (unpaired) electrons. The molecular formula is C18H18O2. The van der Waals surface area contributed by atoms with E-state index in [0.717, 1.165) is 11.1 Å². The summed E-state index contributed by atoms with van der Waals surface area (Å²) in [5, 5.41) is 2.41. The highest BCUT2D eigenvalue weighted by atomic mass is 16.5. The number of carbonyl (C=O) groups is 1. The van der Waals surface area contributed by atoms with E-state index >= 15 is 0 Å². The second kappa shape index (κ2) is 6.71. The Morgan fingerprint density at radius 2 is 1.90 bits per heavy atom. The summed E-state index contributed by atoms with van der Waals surface area (Å²) >= 11 is 0. The van der Waals surface area contributed by atoms with Crippen LogP contribution in [0.25, 0.3) is 16.8 Å². The Morgan fingerprint density at radius 3 is 2.70 bits per heavy atom. The van der Waals surface area contributed by atoms with Gasteiger partial charge in [0.15, 0.2) is 0 Å². The molecule has 0 N–H and O–H groups in total. The molecule has 0 heterocycles. The van der Waals surface area contributed by atoms with Crippen LogP contribution in [0.15, 0.2) is 60.2 Å². The Hall–Kier alpha value is -2.35. The van der Waals surface area contributed by atoms with Crippen molar-refractivity contribution in [3.63, 3.8) is 0 Å². The molecule has 0 amide bonds. The normalized spacial score (nSPS) is 12.0. The largest absolute Gasteiger partial charge is 0.463 e. The molecule has 0 aromatic heterocycles. The summed E-state index contributed by atoms with van der Waals surface area (Å²) in [5.41, 5.74) is 2.01. The summed E-state index contributed by atoms with van der Waals surface area (Å²) in [7, 11) is 0. The van der Waals surface area contributed by atoms with E-state index in [2.05, 4.69) is 24.3 Å². The molecule has 0 aliphatic heterocycles. The van der Waals surface area contributed by atoms with Crippen molar-refractivity contribution in [2.24, 2.45) is 0 Å².